The van der Waals surface area contributed by atoms with Crippen LogP contribution in [0.1, 0.15) is 44.7 Å². The van der Waals surface area contributed by atoms with Gasteiger partial charge in [-0.3, -0.25) is 0 Å². The van der Waals surface area contributed by atoms with E-state index in [1.54, 1.807) is 0 Å². The maximum Gasteiger partial charge on any atom is 0.00176 e. The molecule has 0 radical (unpaired) electrons. The molecule has 0 fully saturated rings. The molecule has 1 unspecified atom stereocenters. The van der Waals surface area contributed by atoms with Crippen molar-refractivity contribution in [3.05, 3.63) is 35.4 Å². The minimum atomic E-state index is 0.602. The summed E-state index contributed by atoms with van der Waals surface area (Å²) in [5.74, 6) is 1.33. The van der Waals surface area contributed by atoms with Crippen molar-refractivity contribution in [1.82, 2.24) is 5.32 Å². The fourth-order valence-electron chi connectivity index (χ4n) is 1.79. The minimum Gasteiger partial charge on any atom is -0.316 e. The first-order valence-electron chi connectivity index (χ1n) is 6.43. The van der Waals surface area contributed by atoms with E-state index in [2.05, 4.69) is 57.3 Å². The van der Waals surface area contributed by atoms with Crippen molar-refractivity contribution < 1.29 is 0 Å². The van der Waals surface area contributed by atoms with Gasteiger partial charge in [0.25, 0.3) is 0 Å². The molecule has 0 aliphatic rings. The Balaban J connectivity index is 2.43. The summed E-state index contributed by atoms with van der Waals surface area (Å²) in [4.78, 5) is 0. The molecule has 1 aromatic carbocycles. The zero-order chi connectivity index (χ0) is 12.0. The Morgan fingerprint density at radius 2 is 1.62 bits per heavy atom. The molecule has 1 N–H and O–H groups in total. The van der Waals surface area contributed by atoms with E-state index < -0.39 is 0 Å². The van der Waals surface area contributed by atoms with Crippen molar-refractivity contribution in [3.8, 4) is 0 Å². The fraction of sp³-hybridized carbons (Fsp3) is 0.600. The summed E-state index contributed by atoms with van der Waals surface area (Å²) >= 11 is 0. The largest absolute Gasteiger partial charge is 0.316 e. The van der Waals surface area contributed by atoms with Crippen LogP contribution in [0.2, 0.25) is 0 Å². The Hall–Kier alpha value is -0.820. The first-order chi connectivity index (χ1) is 7.63. The average molecular weight is 219 g/mol. The molecular formula is C15H25N. The quantitative estimate of drug-likeness (QED) is 0.771. The van der Waals surface area contributed by atoms with Gasteiger partial charge in [-0.05, 0) is 35.9 Å². The van der Waals surface area contributed by atoms with Crippen molar-refractivity contribution in [2.75, 3.05) is 13.1 Å². The Labute approximate surface area is 100 Å². The maximum atomic E-state index is 3.51. The molecule has 1 rings (SSSR count). The lowest BCUT2D eigenvalue weighted by atomic mass is 9.99. The first kappa shape index (κ1) is 13.2. The Morgan fingerprint density at radius 1 is 1.00 bits per heavy atom. The predicted molar refractivity (Wildman–Crippen MR) is 71.9 cm³/mol. The molecule has 0 bridgehead atoms. The van der Waals surface area contributed by atoms with Gasteiger partial charge in [0, 0.05) is 6.54 Å². The van der Waals surface area contributed by atoms with Gasteiger partial charge in [-0.25, -0.2) is 0 Å². The predicted octanol–water partition coefficient (Wildman–Crippen LogP) is 3.60. The molecule has 90 valence electrons. The topological polar surface area (TPSA) is 12.0 Å². The number of hydrogen-bond donors (Lipinski definition) is 1. The van der Waals surface area contributed by atoms with Crippen molar-refractivity contribution in [3.63, 3.8) is 0 Å². The van der Waals surface area contributed by atoms with Crippen molar-refractivity contribution in [1.29, 1.82) is 0 Å². The number of hydrogen-bond acceptors (Lipinski definition) is 1. The first-order valence-corrected chi connectivity index (χ1v) is 6.43. The lowest BCUT2D eigenvalue weighted by molar-refractivity contribution is 0.529. The van der Waals surface area contributed by atoms with Crippen LogP contribution in [0.25, 0.3) is 0 Å². The zero-order valence-corrected chi connectivity index (χ0v) is 11.1. The van der Waals surface area contributed by atoms with E-state index >= 15 is 0 Å². The number of benzene rings is 1. The summed E-state index contributed by atoms with van der Waals surface area (Å²) in [5, 5.41) is 3.51. The lowest BCUT2D eigenvalue weighted by Gasteiger charge is -2.14. The standard InChI is InChI=1S/C15H25N/c1-5-14-6-8-15(9-7-14)13(4)11-16-10-12(2)3/h6-9,12-13,16H,5,10-11H2,1-4H3. The molecule has 0 saturated carbocycles. The van der Waals surface area contributed by atoms with Crippen LogP contribution in [-0.2, 0) is 6.42 Å². The lowest BCUT2D eigenvalue weighted by Crippen LogP contribution is -2.24. The van der Waals surface area contributed by atoms with Gasteiger partial charge < -0.3 is 5.32 Å². The maximum absolute atomic E-state index is 3.51. The summed E-state index contributed by atoms with van der Waals surface area (Å²) < 4.78 is 0. The molecule has 1 atom stereocenters. The van der Waals surface area contributed by atoms with E-state index in [1.165, 1.54) is 11.1 Å². The summed E-state index contributed by atoms with van der Waals surface area (Å²) in [5.41, 5.74) is 2.86. The van der Waals surface area contributed by atoms with Crippen LogP contribution < -0.4 is 5.32 Å². The molecule has 16 heavy (non-hydrogen) atoms. The SMILES string of the molecule is CCc1ccc(C(C)CNCC(C)C)cc1. The van der Waals surface area contributed by atoms with Gasteiger partial charge >= 0.3 is 0 Å². The van der Waals surface area contributed by atoms with Gasteiger partial charge in [0.05, 0.1) is 0 Å². The third kappa shape index (κ3) is 4.36. The Kier molecular flexibility index (Phi) is 5.54. The monoisotopic (exact) mass is 219 g/mol. The van der Waals surface area contributed by atoms with E-state index in [0.717, 1.165) is 25.4 Å². The highest BCUT2D eigenvalue weighted by atomic mass is 14.9. The molecule has 0 saturated heterocycles. The molecule has 0 amide bonds. The minimum absolute atomic E-state index is 0.602. The fourth-order valence-corrected chi connectivity index (χ4v) is 1.79. The van der Waals surface area contributed by atoms with Crippen LogP contribution in [0.5, 0.6) is 0 Å². The van der Waals surface area contributed by atoms with E-state index in [-0.39, 0.29) is 0 Å². The highest BCUT2D eigenvalue weighted by Crippen LogP contribution is 2.15. The second kappa shape index (κ2) is 6.70. The van der Waals surface area contributed by atoms with Crippen LogP contribution in [0.3, 0.4) is 0 Å². The summed E-state index contributed by atoms with van der Waals surface area (Å²) in [7, 11) is 0. The van der Waals surface area contributed by atoms with Gasteiger partial charge in [-0.15, -0.1) is 0 Å². The van der Waals surface area contributed by atoms with Crippen molar-refractivity contribution in [2.45, 2.75) is 40.0 Å². The highest BCUT2D eigenvalue weighted by Gasteiger charge is 2.05. The normalized spacial score (nSPS) is 13.1. The second-order valence-corrected chi connectivity index (χ2v) is 5.05. The molecule has 0 spiro atoms. The molecule has 1 nitrogen and oxygen atoms in total. The van der Waals surface area contributed by atoms with Gasteiger partial charge in [0.1, 0.15) is 0 Å². The Bertz CT molecular complexity index is 287. The van der Waals surface area contributed by atoms with Gasteiger partial charge in [-0.1, -0.05) is 52.0 Å². The number of nitrogens with one attached hydrogen (secondary N) is 1. The molecule has 1 aromatic rings. The summed E-state index contributed by atoms with van der Waals surface area (Å²) in [6.07, 6.45) is 1.13. The van der Waals surface area contributed by atoms with E-state index in [1.807, 2.05) is 0 Å². The molecular weight excluding hydrogens is 194 g/mol. The van der Waals surface area contributed by atoms with Crippen LogP contribution in [0, 0.1) is 5.92 Å². The second-order valence-electron chi connectivity index (χ2n) is 5.05. The molecule has 0 aliphatic heterocycles. The van der Waals surface area contributed by atoms with Crippen LogP contribution in [0.4, 0.5) is 0 Å². The van der Waals surface area contributed by atoms with Crippen LogP contribution in [0.15, 0.2) is 24.3 Å². The molecule has 0 heterocycles. The van der Waals surface area contributed by atoms with Crippen LogP contribution in [-0.4, -0.2) is 13.1 Å². The van der Waals surface area contributed by atoms with Gasteiger partial charge in [-0.2, -0.15) is 0 Å². The zero-order valence-electron chi connectivity index (χ0n) is 11.1. The average Bonchev–Trinajstić information content (AvgIpc) is 2.28. The van der Waals surface area contributed by atoms with Gasteiger partial charge in [0.15, 0.2) is 0 Å². The summed E-state index contributed by atoms with van der Waals surface area (Å²) in [6.45, 7) is 11.2. The third-order valence-corrected chi connectivity index (χ3v) is 2.96. The third-order valence-electron chi connectivity index (χ3n) is 2.96. The Morgan fingerprint density at radius 3 is 2.12 bits per heavy atom. The highest BCUT2D eigenvalue weighted by molar-refractivity contribution is 5.25. The smallest absolute Gasteiger partial charge is 0.00176 e. The molecule has 1 heteroatoms. The number of aryl methyl sites for hydroxylation is 1. The van der Waals surface area contributed by atoms with Crippen molar-refractivity contribution in [2.24, 2.45) is 5.92 Å². The van der Waals surface area contributed by atoms with Crippen LogP contribution >= 0.6 is 0 Å². The van der Waals surface area contributed by atoms with E-state index in [9.17, 15) is 0 Å². The molecule has 0 aliphatic carbocycles. The van der Waals surface area contributed by atoms with Crippen molar-refractivity contribution >= 4 is 0 Å². The van der Waals surface area contributed by atoms with Gasteiger partial charge in [0.2, 0.25) is 0 Å². The summed E-state index contributed by atoms with van der Waals surface area (Å²) in [6, 6.07) is 9.02. The number of rotatable bonds is 6. The van der Waals surface area contributed by atoms with E-state index in [0.29, 0.717) is 5.92 Å². The molecule has 0 aromatic heterocycles. The van der Waals surface area contributed by atoms with E-state index in [4.69, 9.17) is 0 Å².